The summed E-state index contributed by atoms with van der Waals surface area (Å²) in [4.78, 5) is 24.4. The molecule has 0 unspecified atom stereocenters. The van der Waals surface area contributed by atoms with Crippen molar-refractivity contribution in [2.75, 3.05) is 5.32 Å². The highest BCUT2D eigenvalue weighted by Gasteiger charge is 2.22. The standard InChI is InChI=1S/C21H21Cl2NO3/c22-16-11-17(23)13-18(12-16)24-20(25)10-14-6-8-19(9-7-14)27-21(26)15-4-2-1-3-5-15/h6-9,11-13,15H,1-5,10H2,(H,24,25). The van der Waals surface area contributed by atoms with Crippen LogP contribution in [0.4, 0.5) is 5.69 Å². The van der Waals surface area contributed by atoms with Crippen molar-refractivity contribution >= 4 is 40.8 Å². The lowest BCUT2D eigenvalue weighted by Gasteiger charge is -2.19. The van der Waals surface area contributed by atoms with Crippen molar-refractivity contribution in [3.8, 4) is 5.75 Å². The summed E-state index contributed by atoms with van der Waals surface area (Å²) >= 11 is 11.9. The summed E-state index contributed by atoms with van der Waals surface area (Å²) in [6.45, 7) is 0. The van der Waals surface area contributed by atoms with Crippen LogP contribution in [0.1, 0.15) is 37.7 Å². The third-order valence-corrected chi connectivity index (χ3v) is 5.03. The molecule has 0 aromatic heterocycles. The molecule has 0 spiro atoms. The number of rotatable bonds is 5. The molecule has 1 aliphatic rings. The van der Waals surface area contributed by atoms with Crippen molar-refractivity contribution in [2.45, 2.75) is 38.5 Å². The molecule has 2 aromatic carbocycles. The van der Waals surface area contributed by atoms with Gasteiger partial charge in [0.2, 0.25) is 5.91 Å². The van der Waals surface area contributed by atoms with Crippen LogP contribution in [0, 0.1) is 5.92 Å². The molecule has 0 radical (unpaired) electrons. The summed E-state index contributed by atoms with van der Waals surface area (Å²) in [6, 6.07) is 11.9. The van der Waals surface area contributed by atoms with E-state index in [9.17, 15) is 9.59 Å². The summed E-state index contributed by atoms with van der Waals surface area (Å²) in [5.74, 6) is 0.184. The molecular weight excluding hydrogens is 385 g/mol. The van der Waals surface area contributed by atoms with E-state index in [0.717, 1.165) is 31.2 Å². The summed E-state index contributed by atoms with van der Waals surface area (Å²) in [7, 11) is 0. The lowest BCUT2D eigenvalue weighted by Crippen LogP contribution is -2.22. The van der Waals surface area contributed by atoms with Gasteiger partial charge in [-0.3, -0.25) is 9.59 Å². The summed E-state index contributed by atoms with van der Waals surface area (Å²) in [5.41, 5.74) is 1.37. The number of esters is 1. The molecule has 3 rings (SSSR count). The van der Waals surface area contributed by atoms with Crippen LogP contribution in [0.3, 0.4) is 0 Å². The van der Waals surface area contributed by atoms with Gasteiger partial charge in [0.15, 0.2) is 0 Å². The van der Waals surface area contributed by atoms with Crippen LogP contribution < -0.4 is 10.1 Å². The van der Waals surface area contributed by atoms with Gasteiger partial charge in [0.05, 0.1) is 12.3 Å². The maximum atomic E-state index is 12.2. The molecule has 0 atom stereocenters. The smallest absolute Gasteiger partial charge is 0.314 e. The van der Waals surface area contributed by atoms with E-state index in [1.807, 2.05) is 0 Å². The van der Waals surface area contributed by atoms with Gasteiger partial charge in [0, 0.05) is 15.7 Å². The quantitative estimate of drug-likeness (QED) is 0.515. The molecule has 1 fully saturated rings. The number of ether oxygens (including phenoxy) is 1. The zero-order chi connectivity index (χ0) is 19.2. The number of hydrogen-bond acceptors (Lipinski definition) is 3. The molecule has 142 valence electrons. The molecule has 0 heterocycles. The molecule has 4 nitrogen and oxygen atoms in total. The third kappa shape index (κ3) is 5.98. The average Bonchev–Trinajstić information content (AvgIpc) is 2.63. The predicted octanol–water partition coefficient (Wildman–Crippen LogP) is 5.66. The van der Waals surface area contributed by atoms with E-state index in [0.29, 0.717) is 21.5 Å². The van der Waals surface area contributed by atoms with Gasteiger partial charge >= 0.3 is 5.97 Å². The second-order valence-corrected chi connectivity index (χ2v) is 7.66. The molecule has 1 saturated carbocycles. The first-order chi connectivity index (χ1) is 13.0. The van der Waals surface area contributed by atoms with Gasteiger partial charge in [-0.05, 0) is 48.7 Å². The van der Waals surface area contributed by atoms with Crippen molar-refractivity contribution in [2.24, 2.45) is 5.92 Å². The fourth-order valence-corrected chi connectivity index (χ4v) is 3.76. The predicted molar refractivity (Wildman–Crippen MR) is 107 cm³/mol. The Morgan fingerprint density at radius 3 is 2.22 bits per heavy atom. The Morgan fingerprint density at radius 1 is 0.963 bits per heavy atom. The van der Waals surface area contributed by atoms with E-state index in [-0.39, 0.29) is 24.2 Å². The highest BCUT2D eigenvalue weighted by atomic mass is 35.5. The molecule has 0 bridgehead atoms. The van der Waals surface area contributed by atoms with E-state index < -0.39 is 0 Å². The fourth-order valence-electron chi connectivity index (χ4n) is 3.23. The third-order valence-electron chi connectivity index (χ3n) is 4.59. The average molecular weight is 406 g/mol. The molecule has 6 heteroatoms. The topological polar surface area (TPSA) is 55.4 Å². The van der Waals surface area contributed by atoms with Gasteiger partial charge in [0.1, 0.15) is 5.75 Å². The second-order valence-electron chi connectivity index (χ2n) is 6.78. The largest absolute Gasteiger partial charge is 0.426 e. The Morgan fingerprint density at radius 2 is 1.59 bits per heavy atom. The van der Waals surface area contributed by atoms with Crippen LogP contribution in [0.2, 0.25) is 10.0 Å². The van der Waals surface area contributed by atoms with Crippen LogP contribution in [-0.2, 0) is 16.0 Å². The van der Waals surface area contributed by atoms with E-state index in [1.54, 1.807) is 42.5 Å². The minimum atomic E-state index is -0.180. The zero-order valence-corrected chi connectivity index (χ0v) is 16.4. The molecule has 1 amide bonds. The highest BCUT2D eigenvalue weighted by Crippen LogP contribution is 2.26. The van der Waals surface area contributed by atoms with Gasteiger partial charge < -0.3 is 10.1 Å². The van der Waals surface area contributed by atoms with Crippen LogP contribution in [0.15, 0.2) is 42.5 Å². The maximum absolute atomic E-state index is 12.2. The van der Waals surface area contributed by atoms with Crippen LogP contribution in [0.25, 0.3) is 0 Å². The highest BCUT2D eigenvalue weighted by molar-refractivity contribution is 6.35. The summed E-state index contributed by atoms with van der Waals surface area (Å²) in [5, 5.41) is 3.69. The molecule has 2 aromatic rings. The number of amides is 1. The molecule has 1 N–H and O–H groups in total. The van der Waals surface area contributed by atoms with Crippen molar-refractivity contribution in [1.82, 2.24) is 0 Å². The lowest BCUT2D eigenvalue weighted by molar-refractivity contribution is -0.140. The van der Waals surface area contributed by atoms with E-state index in [4.69, 9.17) is 27.9 Å². The maximum Gasteiger partial charge on any atom is 0.314 e. The number of halogens is 2. The molecule has 1 aliphatic carbocycles. The number of carbonyl (C=O) groups excluding carboxylic acids is 2. The fraction of sp³-hybridized carbons (Fsp3) is 0.333. The zero-order valence-electron chi connectivity index (χ0n) is 14.8. The van der Waals surface area contributed by atoms with Crippen molar-refractivity contribution in [3.63, 3.8) is 0 Å². The van der Waals surface area contributed by atoms with Crippen molar-refractivity contribution in [1.29, 1.82) is 0 Å². The Hall–Kier alpha value is -2.04. The van der Waals surface area contributed by atoms with Crippen molar-refractivity contribution in [3.05, 3.63) is 58.1 Å². The van der Waals surface area contributed by atoms with Gasteiger partial charge in [-0.25, -0.2) is 0 Å². The number of carbonyl (C=O) groups is 2. The van der Waals surface area contributed by atoms with Gasteiger partial charge in [0.25, 0.3) is 0 Å². The first-order valence-corrected chi connectivity index (χ1v) is 9.82. The van der Waals surface area contributed by atoms with Gasteiger partial charge in [-0.2, -0.15) is 0 Å². The number of nitrogens with one attached hydrogen (secondary N) is 1. The number of benzene rings is 2. The minimum Gasteiger partial charge on any atom is -0.426 e. The summed E-state index contributed by atoms with van der Waals surface area (Å²) < 4.78 is 5.47. The lowest BCUT2D eigenvalue weighted by atomic mass is 9.89. The van der Waals surface area contributed by atoms with Crippen molar-refractivity contribution < 1.29 is 14.3 Å². The van der Waals surface area contributed by atoms with E-state index in [1.165, 1.54) is 6.42 Å². The normalized spacial score (nSPS) is 14.6. The Labute approximate surface area is 168 Å². The Bertz CT molecular complexity index is 794. The number of anilines is 1. The van der Waals surface area contributed by atoms with E-state index >= 15 is 0 Å². The molecule has 0 saturated heterocycles. The van der Waals surface area contributed by atoms with Gasteiger partial charge in [-0.15, -0.1) is 0 Å². The monoisotopic (exact) mass is 405 g/mol. The molecule has 0 aliphatic heterocycles. The first-order valence-electron chi connectivity index (χ1n) is 9.06. The second kappa shape index (κ2) is 9.25. The van der Waals surface area contributed by atoms with Gasteiger partial charge in [-0.1, -0.05) is 54.6 Å². The SMILES string of the molecule is O=C(Cc1ccc(OC(=O)C2CCCCC2)cc1)Nc1cc(Cl)cc(Cl)c1. The number of hydrogen-bond donors (Lipinski definition) is 1. The van der Waals surface area contributed by atoms with E-state index in [2.05, 4.69) is 5.32 Å². The van der Waals surface area contributed by atoms with Crippen LogP contribution >= 0.6 is 23.2 Å². The molecular formula is C21H21Cl2NO3. The van der Waals surface area contributed by atoms with Crippen LogP contribution in [-0.4, -0.2) is 11.9 Å². The molecule has 27 heavy (non-hydrogen) atoms. The summed E-state index contributed by atoms with van der Waals surface area (Å²) in [6.07, 6.45) is 5.38. The minimum absolute atomic E-state index is 0.00808. The first kappa shape index (κ1) is 19.7. The van der Waals surface area contributed by atoms with Crippen LogP contribution in [0.5, 0.6) is 5.75 Å². The Balaban J connectivity index is 1.53. The Kier molecular flexibility index (Phi) is 6.75.